The number of nitrogens with one attached hydrogen (secondary N) is 1. The van der Waals surface area contributed by atoms with E-state index in [4.69, 9.17) is 0 Å². The van der Waals surface area contributed by atoms with Crippen LogP contribution in [0.2, 0.25) is 0 Å². The predicted octanol–water partition coefficient (Wildman–Crippen LogP) is 1.94. The van der Waals surface area contributed by atoms with Crippen LogP contribution in [-0.2, 0) is 19.6 Å². The Balaban J connectivity index is 1.77. The lowest BCUT2D eigenvalue weighted by molar-refractivity contribution is 0.267. The number of hydrogen-bond donors (Lipinski definition) is 3. The molecule has 3 N–H and O–H groups in total. The highest BCUT2D eigenvalue weighted by Crippen LogP contribution is 2.36. The van der Waals surface area contributed by atoms with Gasteiger partial charge in [-0.15, -0.1) is 0 Å². The van der Waals surface area contributed by atoms with Crippen molar-refractivity contribution >= 4 is 0 Å². The summed E-state index contributed by atoms with van der Waals surface area (Å²) in [4.78, 5) is 4.73. The molecular formula is C13H14N2O2. The molecule has 0 amide bonds. The van der Waals surface area contributed by atoms with E-state index in [9.17, 15) is 10.2 Å². The molecule has 4 heteroatoms. The SMILES string of the molecule is Oc1[nH]c(O)c2c1CN(Cc1ccccc1)C2. The molecule has 0 fully saturated rings. The van der Waals surface area contributed by atoms with Crippen molar-refractivity contribution in [1.29, 1.82) is 0 Å². The molecule has 0 unspecified atom stereocenters. The Bertz CT molecular complexity index is 507. The Morgan fingerprint density at radius 2 is 1.59 bits per heavy atom. The Labute approximate surface area is 99.1 Å². The lowest BCUT2D eigenvalue weighted by Crippen LogP contribution is -2.15. The van der Waals surface area contributed by atoms with Crippen LogP contribution in [0.1, 0.15) is 16.7 Å². The monoisotopic (exact) mass is 230 g/mol. The summed E-state index contributed by atoms with van der Waals surface area (Å²) in [6.45, 7) is 2.18. The first-order valence-electron chi connectivity index (χ1n) is 5.62. The topological polar surface area (TPSA) is 59.5 Å². The number of benzene rings is 1. The molecule has 88 valence electrons. The van der Waals surface area contributed by atoms with Crippen LogP contribution in [0.15, 0.2) is 30.3 Å². The Morgan fingerprint density at radius 3 is 2.18 bits per heavy atom. The zero-order valence-electron chi connectivity index (χ0n) is 9.35. The van der Waals surface area contributed by atoms with Crippen LogP contribution in [0, 0.1) is 0 Å². The second kappa shape index (κ2) is 3.82. The maximum atomic E-state index is 9.59. The molecule has 0 atom stereocenters. The number of fused-ring (bicyclic) bond motifs is 1. The molecule has 1 aliphatic heterocycles. The van der Waals surface area contributed by atoms with Gasteiger partial charge in [-0.05, 0) is 5.56 Å². The smallest absolute Gasteiger partial charge is 0.196 e. The van der Waals surface area contributed by atoms with Crippen LogP contribution < -0.4 is 0 Å². The summed E-state index contributed by atoms with van der Waals surface area (Å²) in [5, 5.41) is 19.2. The molecule has 2 aromatic rings. The Morgan fingerprint density at radius 1 is 1.00 bits per heavy atom. The molecule has 0 radical (unpaired) electrons. The zero-order valence-corrected chi connectivity index (χ0v) is 9.35. The number of H-pyrrole nitrogens is 1. The third-order valence-electron chi connectivity index (χ3n) is 3.19. The molecule has 4 nitrogen and oxygen atoms in total. The highest BCUT2D eigenvalue weighted by molar-refractivity contribution is 5.45. The van der Waals surface area contributed by atoms with E-state index in [0.29, 0.717) is 13.1 Å². The van der Waals surface area contributed by atoms with Gasteiger partial charge < -0.3 is 10.2 Å². The minimum Gasteiger partial charge on any atom is -0.494 e. The third-order valence-corrected chi connectivity index (χ3v) is 3.19. The predicted molar refractivity (Wildman–Crippen MR) is 63.5 cm³/mol. The summed E-state index contributed by atoms with van der Waals surface area (Å²) in [5.74, 6) is 0.182. The number of rotatable bonds is 2. The van der Waals surface area contributed by atoms with Crippen LogP contribution in [0.4, 0.5) is 0 Å². The summed E-state index contributed by atoms with van der Waals surface area (Å²) in [6, 6.07) is 10.2. The number of nitrogens with zero attached hydrogens (tertiary/aromatic N) is 1. The van der Waals surface area contributed by atoms with Gasteiger partial charge in [-0.1, -0.05) is 30.3 Å². The van der Waals surface area contributed by atoms with Gasteiger partial charge in [0.15, 0.2) is 11.8 Å². The minimum absolute atomic E-state index is 0.0908. The Kier molecular flexibility index (Phi) is 2.30. The quantitative estimate of drug-likeness (QED) is 0.739. The number of aromatic hydroxyl groups is 2. The van der Waals surface area contributed by atoms with Gasteiger partial charge in [-0.25, -0.2) is 0 Å². The average Bonchev–Trinajstić information content (AvgIpc) is 2.83. The standard InChI is InChI=1S/C13H14N2O2/c16-12-10-7-15(8-11(10)13(17)14-12)6-9-4-2-1-3-5-9/h1-5,14,16-17H,6-8H2. The second-order valence-electron chi connectivity index (χ2n) is 4.41. The molecule has 0 saturated carbocycles. The van der Waals surface area contributed by atoms with Gasteiger partial charge in [-0.2, -0.15) is 0 Å². The second-order valence-corrected chi connectivity index (χ2v) is 4.41. The molecular weight excluding hydrogens is 216 g/mol. The van der Waals surface area contributed by atoms with Crippen molar-refractivity contribution in [3.63, 3.8) is 0 Å². The van der Waals surface area contributed by atoms with Gasteiger partial charge in [0.1, 0.15) is 0 Å². The first-order valence-corrected chi connectivity index (χ1v) is 5.62. The zero-order chi connectivity index (χ0) is 11.8. The molecule has 3 rings (SSSR count). The molecule has 0 aliphatic carbocycles. The largest absolute Gasteiger partial charge is 0.494 e. The summed E-state index contributed by atoms with van der Waals surface area (Å²) < 4.78 is 0. The van der Waals surface area contributed by atoms with Crippen molar-refractivity contribution in [2.45, 2.75) is 19.6 Å². The van der Waals surface area contributed by atoms with Crippen molar-refractivity contribution in [2.75, 3.05) is 0 Å². The van der Waals surface area contributed by atoms with Gasteiger partial charge in [0, 0.05) is 30.8 Å². The summed E-state index contributed by atoms with van der Waals surface area (Å²) in [5.41, 5.74) is 2.87. The van der Waals surface area contributed by atoms with E-state index in [1.807, 2.05) is 18.2 Å². The lowest BCUT2D eigenvalue weighted by Gasteiger charge is -2.15. The fourth-order valence-electron chi connectivity index (χ4n) is 2.35. The maximum Gasteiger partial charge on any atom is 0.196 e. The minimum atomic E-state index is 0.0908. The normalized spacial score (nSPS) is 15.1. The van der Waals surface area contributed by atoms with E-state index in [-0.39, 0.29) is 11.8 Å². The van der Waals surface area contributed by atoms with Crippen LogP contribution in [-0.4, -0.2) is 20.1 Å². The van der Waals surface area contributed by atoms with Crippen molar-refractivity contribution in [1.82, 2.24) is 9.88 Å². The van der Waals surface area contributed by atoms with Crippen molar-refractivity contribution in [3.05, 3.63) is 47.0 Å². The molecule has 17 heavy (non-hydrogen) atoms. The molecule has 0 spiro atoms. The summed E-state index contributed by atoms with van der Waals surface area (Å²) >= 11 is 0. The fourth-order valence-corrected chi connectivity index (χ4v) is 2.35. The molecule has 1 aromatic heterocycles. The van der Waals surface area contributed by atoms with Gasteiger partial charge >= 0.3 is 0 Å². The number of aromatic nitrogens is 1. The highest BCUT2D eigenvalue weighted by atomic mass is 16.3. The Hall–Kier alpha value is -1.94. The van der Waals surface area contributed by atoms with E-state index >= 15 is 0 Å². The van der Waals surface area contributed by atoms with E-state index in [2.05, 4.69) is 22.0 Å². The van der Waals surface area contributed by atoms with Crippen LogP contribution in [0.25, 0.3) is 0 Å². The van der Waals surface area contributed by atoms with Gasteiger partial charge in [0.05, 0.1) is 0 Å². The van der Waals surface area contributed by atoms with E-state index in [1.165, 1.54) is 5.56 Å². The molecule has 0 saturated heterocycles. The molecule has 2 heterocycles. The summed E-state index contributed by atoms with van der Waals surface area (Å²) in [7, 11) is 0. The molecule has 1 aliphatic rings. The first kappa shape index (κ1) is 10.2. The summed E-state index contributed by atoms with van der Waals surface area (Å²) in [6.07, 6.45) is 0. The van der Waals surface area contributed by atoms with Gasteiger partial charge in [0.25, 0.3) is 0 Å². The van der Waals surface area contributed by atoms with E-state index < -0.39 is 0 Å². The maximum absolute atomic E-state index is 9.59. The van der Waals surface area contributed by atoms with Crippen molar-refractivity contribution in [2.24, 2.45) is 0 Å². The average molecular weight is 230 g/mol. The van der Waals surface area contributed by atoms with Crippen LogP contribution in [0.3, 0.4) is 0 Å². The fraction of sp³-hybridized carbons (Fsp3) is 0.231. The van der Waals surface area contributed by atoms with E-state index in [1.54, 1.807) is 0 Å². The molecule has 1 aromatic carbocycles. The number of hydrogen-bond acceptors (Lipinski definition) is 3. The van der Waals surface area contributed by atoms with Crippen molar-refractivity contribution in [3.8, 4) is 11.8 Å². The van der Waals surface area contributed by atoms with Crippen molar-refractivity contribution < 1.29 is 10.2 Å². The van der Waals surface area contributed by atoms with E-state index in [0.717, 1.165) is 17.7 Å². The van der Waals surface area contributed by atoms with Crippen LogP contribution in [0.5, 0.6) is 11.8 Å². The van der Waals surface area contributed by atoms with Gasteiger partial charge in [-0.3, -0.25) is 9.88 Å². The highest BCUT2D eigenvalue weighted by Gasteiger charge is 2.27. The third kappa shape index (κ3) is 1.76. The molecule has 0 bridgehead atoms. The van der Waals surface area contributed by atoms with Crippen LogP contribution >= 0.6 is 0 Å². The lowest BCUT2D eigenvalue weighted by atomic mass is 10.2. The van der Waals surface area contributed by atoms with Gasteiger partial charge in [0.2, 0.25) is 0 Å². The first-order chi connectivity index (χ1) is 8.24. The number of aromatic amines is 1.